The van der Waals surface area contributed by atoms with Gasteiger partial charge < -0.3 is 20.1 Å². The summed E-state index contributed by atoms with van der Waals surface area (Å²) in [4.78, 5) is 21.3. The van der Waals surface area contributed by atoms with Crippen LogP contribution in [-0.2, 0) is 16.0 Å². The number of H-pyrrole nitrogens is 1. The second-order valence-corrected chi connectivity index (χ2v) is 10.6. The topological polar surface area (TPSA) is 136 Å². The van der Waals surface area contributed by atoms with Crippen LogP contribution >= 0.6 is 0 Å². The Morgan fingerprint density at radius 1 is 1.37 bits per heavy atom. The first-order valence-electron chi connectivity index (χ1n) is 12.7. The fourth-order valence-electron chi connectivity index (χ4n) is 4.45. The molecule has 2 fully saturated rings. The molecule has 5 heterocycles. The molecule has 200 valence electrons. The predicted molar refractivity (Wildman–Crippen MR) is 136 cm³/mol. The summed E-state index contributed by atoms with van der Waals surface area (Å²) in [7, 11) is 0. The summed E-state index contributed by atoms with van der Waals surface area (Å²) in [5, 5.41) is 17.5. The minimum atomic E-state index is -1.54. The lowest BCUT2D eigenvalue weighted by Gasteiger charge is -2.17. The Labute approximate surface area is 217 Å². The lowest BCUT2D eigenvalue weighted by atomic mass is 10.1. The molecular formula is C25H30FN9O3. The lowest BCUT2D eigenvalue weighted by Crippen LogP contribution is -2.39. The number of ether oxygens (including phenoxy) is 2. The number of carbonyl (C=O) groups is 1. The van der Waals surface area contributed by atoms with Crippen molar-refractivity contribution in [2.75, 3.05) is 11.9 Å². The maximum Gasteiger partial charge on any atom is 0.408 e. The van der Waals surface area contributed by atoms with Crippen molar-refractivity contribution >= 4 is 23.5 Å². The van der Waals surface area contributed by atoms with Gasteiger partial charge in [-0.25, -0.2) is 19.2 Å². The van der Waals surface area contributed by atoms with Gasteiger partial charge in [0.25, 0.3) is 0 Å². The Hall–Kier alpha value is -4.00. The van der Waals surface area contributed by atoms with Crippen LogP contribution < -0.4 is 10.6 Å². The molecule has 2 aliphatic rings. The average Bonchev–Trinajstić information content (AvgIpc) is 3.39. The number of amides is 1. The maximum atomic E-state index is 15.1. The van der Waals surface area contributed by atoms with Gasteiger partial charge in [-0.2, -0.15) is 10.2 Å². The van der Waals surface area contributed by atoms with E-state index in [1.165, 1.54) is 0 Å². The average molecular weight is 524 g/mol. The quantitative estimate of drug-likeness (QED) is 0.318. The van der Waals surface area contributed by atoms with E-state index in [-0.39, 0.29) is 12.1 Å². The molecule has 38 heavy (non-hydrogen) atoms. The molecule has 4 aromatic heterocycles. The number of alkyl carbamates (subject to hydrolysis) is 1. The summed E-state index contributed by atoms with van der Waals surface area (Å²) >= 11 is 0. The molecule has 0 aromatic carbocycles. The molecule has 6 rings (SSSR count). The Balaban J connectivity index is 1.17. The summed E-state index contributed by atoms with van der Waals surface area (Å²) in [5.74, 6) is 1.38. The van der Waals surface area contributed by atoms with Gasteiger partial charge in [0.05, 0.1) is 24.2 Å². The van der Waals surface area contributed by atoms with Crippen molar-refractivity contribution in [2.24, 2.45) is 5.92 Å². The van der Waals surface area contributed by atoms with Crippen molar-refractivity contribution in [1.29, 1.82) is 0 Å². The van der Waals surface area contributed by atoms with E-state index in [1.807, 2.05) is 23.9 Å². The molecule has 1 saturated heterocycles. The van der Waals surface area contributed by atoms with Gasteiger partial charge in [0.1, 0.15) is 11.8 Å². The van der Waals surface area contributed by atoms with Crippen LogP contribution in [0.4, 0.5) is 21.0 Å². The zero-order valence-electron chi connectivity index (χ0n) is 21.4. The number of rotatable bonds is 8. The number of aromatic amines is 1. The number of carbonyl (C=O) groups excluding carboxylic acids is 1. The number of hydrogen-bond acceptors (Lipinski definition) is 8. The number of nitrogens with one attached hydrogen (secondary N) is 3. The molecule has 1 aliphatic heterocycles. The molecule has 0 spiro atoms. The summed E-state index contributed by atoms with van der Waals surface area (Å²) in [6.45, 7) is 6.97. The number of fused-ring (bicyclic) bond motifs is 1. The minimum absolute atomic E-state index is 0.0402. The lowest BCUT2D eigenvalue weighted by molar-refractivity contribution is 0.0604. The molecule has 3 atom stereocenters. The number of nitrogens with zero attached hydrogens (tertiary/aromatic N) is 6. The van der Waals surface area contributed by atoms with Gasteiger partial charge in [-0.3, -0.25) is 14.2 Å². The van der Waals surface area contributed by atoms with Crippen LogP contribution in [0.5, 0.6) is 0 Å². The zero-order chi connectivity index (χ0) is 26.4. The van der Waals surface area contributed by atoms with Crippen molar-refractivity contribution in [1.82, 2.24) is 39.7 Å². The molecule has 0 radical (unpaired) electrons. The largest absolute Gasteiger partial charge is 0.441 e. The molecule has 12 nitrogen and oxygen atoms in total. The van der Waals surface area contributed by atoms with Crippen molar-refractivity contribution < 1.29 is 18.7 Å². The van der Waals surface area contributed by atoms with E-state index in [0.29, 0.717) is 34.7 Å². The van der Waals surface area contributed by atoms with E-state index in [4.69, 9.17) is 14.5 Å². The van der Waals surface area contributed by atoms with Crippen LogP contribution in [0.15, 0.2) is 36.9 Å². The van der Waals surface area contributed by atoms with E-state index in [1.54, 1.807) is 29.1 Å². The number of hydrogen-bond donors (Lipinski definition) is 3. The highest BCUT2D eigenvalue weighted by atomic mass is 19.1. The first-order chi connectivity index (χ1) is 18.3. The first kappa shape index (κ1) is 24.3. The summed E-state index contributed by atoms with van der Waals surface area (Å²) in [6.07, 6.45) is 4.89. The van der Waals surface area contributed by atoms with Gasteiger partial charge in [0, 0.05) is 48.4 Å². The van der Waals surface area contributed by atoms with Crippen LogP contribution in [0.2, 0.25) is 0 Å². The third-order valence-corrected chi connectivity index (χ3v) is 6.76. The highest BCUT2D eigenvalue weighted by Gasteiger charge is 2.44. The molecule has 13 heteroatoms. The van der Waals surface area contributed by atoms with E-state index in [0.717, 1.165) is 24.9 Å². The summed E-state index contributed by atoms with van der Waals surface area (Å²) in [5.41, 5.74) is 2.46. The fourth-order valence-corrected chi connectivity index (χ4v) is 4.45. The minimum Gasteiger partial charge on any atom is -0.441 e. The number of anilines is 2. The van der Waals surface area contributed by atoms with Crippen molar-refractivity contribution in [3.63, 3.8) is 0 Å². The standard InChI is InChI=1S/C25H30FN9O3/c1-14(2)11-34-12-15(10-28-34)16-9-20-27-6-7-35(20)23(29-16)30-19-8-17(32-33-19)22-21(26)18(13-37-22)38-24(36)31-25(3)4-5-25/h6-10,12,14,18,21-22H,4-5,11,13H2,1-3H3,(H,31,36)(H2,29,30,32,33)/t18-,21-,22-/m0/s1. The van der Waals surface area contributed by atoms with Gasteiger partial charge in [0.15, 0.2) is 18.1 Å². The van der Waals surface area contributed by atoms with Crippen molar-refractivity contribution in [2.45, 2.75) is 64.1 Å². The van der Waals surface area contributed by atoms with Gasteiger partial charge in [-0.05, 0) is 25.7 Å². The molecule has 4 aromatic rings. The van der Waals surface area contributed by atoms with E-state index in [2.05, 4.69) is 44.8 Å². The highest BCUT2D eigenvalue weighted by Crippen LogP contribution is 2.36. The van der Waals surface area contributed by atoms with Crippen molar-refractivity contribution in [3.8, 4) is 11.3 Å². The monoisotopic (exact) mass is 523 g/mol. The molecule has 0 bridgehead atoms. The Morgan fingerprint density at radius 3 is 3.00 bits per heavy atom. The van der Waals surface area contributed by atoms with E-state index >= 15 is 4.39 Å². The molecule has 1 amide bonds. The number of imidazole rings is 1. The normalized spacial score (nSPS) is 22.2. The highest BCUT2D eigenvalue weighted by molar-refractivity contribution is 5.69. The molecular weight excluding hydrogens is 493 g/mol. The second kappa shape index (κ2) is 9.39. The number of halogens is 1. The van der Waals surface area contributed by atoms with Crippen molar-refractivity contribution in [3.05, 3.63) is 42.6 Å². The van der Waals surface area contributed by atoms with Gasteiger partial charge >= 0.3 is 6.09 Å². The van der Waals surface area contributed by atoms with E-state index < -0.39 is 24.5 Å². The fraction of sp³-hybridized carbons (Fsp3) is 0.480. The first-order valence-corrected chi connectivity index (χ1v) is 12.7. The molecule has 0 unspecified atom stereocenters. The Morgan fingerprint density at radius 2 is 2.21 bits per heavy atom. The predicted octanol–water partition coefficient (Wildman–Crippen LogP) is 3.77. The smallest absolute Gasteiger partial charge is 0.408 e. The second-order valence-electron chi connectivity index (χ2n) is 10.6. The van der Waals surface area contributed by atoms with Crippen LogP contribution in [0, 0.1) is 5.92 Å². The molecule has 1 saturated carbocycles. The van der Waals surface area contributed by atoms with Crippen LogP contribution in [0.25, 0.3) is 16.9 Å². The van der Waals surface area contributed by atoms with Gasteiger partial charge in [0.2, 0.25) is 5.95 Å². The summed E-state index contributed by atoms with van der Waals surface area (Å²) in [6, 6.07) is 3.54. The van der Waals surface area contributed by atoms with Crippen LogP contribution in [-0.4, -0.2) is 64.9 Å². The van der Waals surface area contributed by atoms with Gasteiger partial charge in [-0.1, -0.05) is 13.8 Å². The van der Waals surface area contributed by atoms with Crippen LogP contribution in [0.1, 0.15) is 45.4 Å². The zero-order valence-corrected chi connectivity index (χ0v) is 21.4. The van der Waals surface area contributed by atoms with Gasteiger partial charge in [-0.15, -0.1) is 0 Å². The maximum absolute atomic E-state index is 15.1. The van der Waals surface area contributed by atoms with Crippen LogP contribution in [0.3, 0.4) is 0 Å². The SMILES string of the molecule is CC(C)Cn1cc(-c2cc3nccn3c(Nc3cc([C@@H]4OC[C@H](OC(=O)NC5(C)CC5)[C@@H]4F)[nH]n3)n2)cn1. The third-order valence-electron chi connectivity index (χ3n) is 6.76. The summed E-state index contributed by atoms with van der Waals surface area (Å²) < 4.78 is 29.7. The molecule has 3 N–H and O–H groups in total. The van der Waals surface area contributed by atoms with E-state index in [9.17, 15) is 4.79 Å². The number of aromatic nitrogens is 7. The Kier molecular flexibility index (Phi) is 6.01. The molecule has 1 aliphatic carbocycles. The number of alkyl halides is 1. The third kappa shape index (κ3) is 4.93. The Bertz CT molecular complexity index is 1460.